The quantitative estimate of drug-likeness (QED) is 0.759. The number of ether oxygens (including phenoxy) is 1. The monoisotopic (exact) mass is 323 g/mol. The number of pyridine rings is 1. The SMILES string of the molecule is CCc1cccc(OCC(=O)NCc2cn3c(C)cccc3n2)c1. The summed E-state index contributed by atoms with van der Waals surface area (Å²) in [6.07, 6.45) is 2.88. The lowest BCUT2D eigenvalue weighted by molar-refractivity contribution is -0.123. The maximum atomic E-state index is 12.0. The first-order valence-electron chi connectivity index (χ1n) is 8.07. The minimum Gasteiger partial charge on any atom is -0.484 e. The van der Waals surface area contributed by atoms with E-state index in [9.17, 15) is 4.79 Å². The summed E-state index contributed by atoms with van der Waals surface area (Å²) in [5.74, 6) is 0.554. The standard InChI is InChI=1S/C19H21N3O2/c1-3-15-7-5-8-17(10-15)24-13-19(23)20-11-16-12-22-14(2)6-4-9-18(22)21-16/h4-10,12H,3,11,13H2,1-2H3,(H,20,23). The van der Waals surface area contributed by atoms with Crippen LogP contribution in [0.1, 0.15) is 23.9 Å². The van der Waals surface area contributed by atoms with Gasteiger partial charge in [-0.1, -0.05) is 25.1 Å². The topological polar surface area (TPSA) is 55.6 Å². The predicted octanol–water partition coefficient (Wildman–Crippen LogP) is 2.90. The third-order valence-corrected chi connectivity index (χ3v) is 3.89. The van der Waals surface area contributed by atoms with E-state index in [1.165, 1.54) is 5.56 Å². The number of rotatable bonds is 6. The summed E-state index contributed by atoms with van der Waals surface area (Å²) in [5, 5.41) is 2.84. The van der Waals surface area contributed by atoms with E-state index >= 15 is 0 Å². The van der Waals surface area contributed by atoms with Gasteiger partial charge in [0, 0.05) is 11.9 Å². The molecular formula is C19H21N3O2. The fraction of sp³-hybridized carbons (Fsp3) is 0.263. The van der Waals surface area contributed by atoms with Crippen LogP contribution in [-0.4, -0.2) is 21.9 Å². The molecule has 0 spiro atoms. The molecule has 0 unspecified atom stereocenters. The van der Waals surface area contributed by atoms with Crippen molar-refractivity contribution in [2.75, 3.05) is 6.61 Å². The van der Waals surface area contributed by atoms with Crippen molar-refractivity contribution in [2.45, 2.75) is 26.8 Å². The van der Waals surface area contributed by atoms with Gasteiger partial charge in [-0.05, 0) is 43.2 Å². The molecule has 1 aromatic carbocycles. The maximum absolute atomic E-state index is 12.0. The second-order valence-electron chi connectivity index (χ2n) is 5.69. The van der Waals surface area contributed by atoms with Crippen molar-refractivity contribution in [3.05, 3.63) is 65.6 Å². The first-order valence-corrected chi connectivity index (χ1v) is 8.07. The summed E-state index contributed by atoms with van der Waals surface area (Å²) >= 11 is 0. The summed E-state index contributed by atoms with van der Waals surface area (Å²) in [5.41, 5.74) is 4.00. The van der Waals surface area contributed by atoms with Gasteiger partial charge in [-0.25, -0.2) is 4.98 Å². The Kier molecular flexibility index (Phi) is 4.79. The summed E-state index contributed by atoms with van der Waals surface area (Å²) in [7, 11) is 0. The number of imidazole rings is 1. The molecule has 0 saturated carbocycles. The first-order chi connectivity index (χ1) is 11.7. The average Bonchev–Trinajstić information content (AvgIpc) is 3.03. The maximum Gasteiger partial charge on any atom is 0.258 e. The molecule has 5 heteroatoms. The number of carbonyl (C=O) groups is 1. The number of hydrogen-bond acceptors (Lipinski definition) is 3. The molecule has 3 rings (SSSR count). The number of nitrogens with zero attached hydrogens (tertiary/aromatic N) is 2. The summed E-state index contributed by atoms with van der Waals surface area (Å²) in [6, 6.07) is 13.7. The van der Waals surface area contributed by atoms with E-state index in [-0.39, 0.29) is 12.5 Å². The molecule has 124 valence electrons. The number of amides is 1. The molecule has 0 bridgehead atoms. The van der Waals surface area contributed by atoms with Crippen LogP contribution in [0.15, 0.2) is 48.7 Å². The lowest BCUT2D eigenvalue weighted by atomic mass is 10.2. The fourth-order valence-corrected chi connectivity index (χ4v) is 2.53. The Morgan fingerprint density at radius 3 is 2.88 bits per heavy atom. The second kappa shape index (κ2) is 7.17. The predicted molar refractivity (Wildman–Crippen MR) is 93.1 cm³/mol. The minimum atomic E-state index is -0.161. The molecule has 1 amide bonds. The first kappa shape index (κ1) is 16.1. The molecule has 5 nitrogen and oxygen atoms in total. The molecule has 1 N–H and O–H groups in total. The Balaban J connectivity index is 1.54. The van der Waals surface area contributed by atoms with E-state index in [1.807, 2.05) is 60.0 Å². The van der Waals surface area contributed by atoms with E-state index in [4.69, 9.17) is 4.74 Å². The number of nitrogens with one attached hydrogen (secondary N) is 1. The number of carbonyl (C=O) groups excluding carboxylic acids is 1. The van der Waals surface area contributed by atoms with Gasteiger partial charge in [0.15, 0.2) is 6.61 Å². The average molecular weight is 323 g/mol. The van der Waals surface area contributed by atoms with E-state index < -0.39 is 0 Å². The highest BCUT2D eigenvalue weighted by Gasteiger charge is 2.06. The molecular weight excluding hydrogens is 302 g/mol. The molecule has 0 aliphatic heterocycles. The van der Waals surface area contributed by atoms with E-state index in [0.29, 0.717) is 12.3 Å². The van der Waals surface area contributed by atoms with Crippen molar-refractivity contribution in [3.63, 3.8) is 0 Å². The Morgan fingerprint density at radius 1 is 1.25 bits per heavy atom. The molecule has 0 aliphatic carbocycles. The number of benzene rings is 1. The zero-order valence-electron chi connectivity index (χ0n) is 14.0. The number of aromatic nitrogens is 2. The third kappa shape index (κ3) is 3.74. The van der Waals surface area contributed by atoms with Gasteiger partial charge in [0.1, 0.15) is 11.4 Å². The molecule has 24 heavy (non-hydrogen) atoms. The molecule has 2 heterocycles. The molecule has 0 aliphatic rings. The normalized spacial score (nSPS) is 10.8. The van der Waals surface area contributed by atoms with Gasteiger partial charge in [-0.3, -0.25) is 4.79 Å². The largest absolute Gasteiger partial charge is 0.484 e. The highest BCUT2D eigenvalue weighted by Crippen LogP contribution is 2.13. The third-order valence-electron chi connectivity index (χ3n) is 3.89. The molecule has 0 fully saturated rings. The van der Waals surface area contributed by atoms with Crippen molar-refractivity contribution in [1.82, 2.24) is 14.7 Å². The van der Waals surface area contributed by atoms with E-state index in [1.54, 1.807) is 0 Å². The molecule has 0 saturated heterocycles. The Hall–Kier alpha value is -2.82. The smallest absolute Gasteiger partial charge is 0.258 e. The zero-order chi connectivity index (χ0) is 16.9. The highest BCUT2D eigenvalue weighted by atomic mass is 16.5. The number of fused-ring (bicyclic) bond motifs is 1. The van der Waals surface area contributed by atoms with Crippen molar-refractivity contribution in [1.29, 1.82) is 0 Å². The summed E-state index contributed by atoms with van der Waals surface area (Å²) in [6.45, 7) is 4.50. The summed E-state index contributed by atoms with van der Waals surface area (Å²) < 4.78 is 7.55. The van der Waals surface area contributed by atoms with Crippen LogP contribution in [0.25, 0.3) is 5.65 Å². The lowest BCUT2D eigenvalue weighted by Gasteiger charge is -2.07. The van der Waals surface area contributed by atoms with Gasteiger partial charge in [-0.15, -0.1) is 0 Å². The van der Waals surface area contributed by atoms with Gasteiger partial charge >= 0.3 is 0 Å². The van der Waals surface area contributed by atoms with Gasteiger partial charge in [0.2, 0.25) is 0 Å². The van der Waals surface area contributed by atoms with Crippen molar-refractivity contribution < 1.29 is 9.53 Å². The van der Waals surface area contributed by atoms with Gasteiger partial charge in [0.25, 0.3) is 5.91 Å². The number of aryl methyl sites for hydroxylation is 2. The summed E-state index contributed by atoms with van der Waals surface area (Å²) in [4.78, 5) is 16.4. The van der Waals surface area contributed by atoms with E-state index in [2.05, 4.69) is 17.2 Å². The second-order valence-corrected chi connectivity index (χ2v) is 5.69. The van der Waals surface area contributed by atoms with Crippen LogP contribution in [0.5, 0.6) is 5.75 Å². The van der Waals surface area contributed by atoms with Crippen LogP contribution >= 0.6 is 0 Å². The van der Waals surface area contributed by atoms with Crippen LogP contribution in [0.3, 0.4) is 0 Å². The van der Waals surface area contributed by atoms with Crippen LogP contribution in [0.2, 0.25) is 0 Å². The Bertz CT molecular complexity index is 855. The van der Waals surface area contributed by atoms with Gasteiger partial charge in [-0.2, -0.15) is 0 Å². The lowest BCUT2D eigenvalue weighted by Crippen LogP contribution is -2.28. The minimum absolute atomic E-state index is 0.000430. The molecule has 0 atom stereocenters. The van der Waals surface area contributed by atoms with Crippen molar-refractivity contribution >= 4 is 11.6 Å². The van der Waals surface area contributed by atoms with Crippen LogP contribution in [0, 0.1) is 6.92 Å². The fourth-order valence-electron chi connectivity index (χ4n) is 2.53. The zero-order valence-corrected chi connectivity index (χ0v) is 14.0. The number of hydrogen-bond donors (Lipinski definition) is 1. The highest BCUT2D eigenvalue weighted by molar-refractivity contribution is 5.77. The van der Waals surface area contributed by atoms with Gasteiger partial charge in [0.05, 0.1) is 12.2 Å². The Morgan fingerprint density at radius 2 is 2.08 bits per heavy atom. The van der Waals surface area contributed by atoms with Crippen LogP contribution < -0.4 is 10.1 Å². The van der Waals surface area contributed by atoms with Crippen molar-refractivity contribution in [2.24, 2.45) is 0 Å². The van der Waals surface area contributed by atoms with Crippen molar-refractivity contribution in [3.8, 4) is 5.75 Å². The molecule has 0 radical (unpaired) electrons. The van der Waals surface area contributed by atoms with Gasteiger partial charge < -0.3 is 14.5 Å². The van der Waals surface area contributed by atoms with Crippen LogP contribution in [0.4, 0.5) is 0 Å². The molecule has 3 aromatic rings. The Labute approximate surface area is 141 Å². The van der Waals surface area contributed by atoms with Crippen LogP contribution in [-0.2, 0) is 17.8 Å². The molecule has 2 aromatic heterocycles. The van der Waals surface area contributed by atoms with E-state index in [0.717, 1.165) is 23.5 Å².